The highest BCUT2D eigenvalue weighted by Gasteiger charge is 2.14. The Balaban J connectivity index is 1.99. The molecule has 2 N–H and O–H groups in total. The molecule has 0 saturated heterocycles. The molecule has 26 heavy (non-hydrogen) atoms. The number of rotatable bonds is 6. The number of aromatic hydroxyl groups is 1. The highest BCUT2D eigenvalue weighted by molar-refractivity contribution is 5.87. The highest BCUT2D eigenvalue weighted by Crippen LogP contribution is 2.21. The highest BCUT2D eigenvalue weighted by atomic mass is 16.6. The van der Waals surface area contributed by atoms with Gasteiger partial charge in [-0.15, -0.1) is 0 Å². The van der Waals surface area contributed by atoms with Crippen molar-refractivity contribution in [3.05, 3.63) is 63.2 Å². The lowest BCUT2D eigenvalue weighted by Crippen LogP contribution is -2.33. The number of hydrogen-bond donors (Lipinski definition) is 2. The molecule has 1 atom stereocenters. The van der Waals surface area contributed by atoms with E-state index in [9.17, 15) is 20.0 Å². The summed E-state index contributed by atoms with van der Waals surface area (Å²) in [5.41, 5.74) is 4.37. The number of phenolic OH excluding ortho intramolecular Hbond substituents is 1. The minimum absolute atomic E-state index is 0.113. The van der Waals surface area contributed by atoms with Gasteiger partial charge in [-0.3, -0.25) is 14.9 Å². The number of carbonyl (C=O) groups excluding carboxylic acids is 1. The van der Waals surface area contributed by atoms with Gasteiger partial charge in [0.2, 0.25) is 0 Å². The lowest BCUT2D eigenvalue weighted by atomic mass is 10.1. The van der Waals surface area contributed by atoms with Crippen molar-refractivity contribution in [2.75, 3.05) is 0 Å². The minimum atomic E-state index is -0.798. The second-order valence-corrected chi connectivity index (χ2v) is 5.74. The maximum atomic E-state index is 12.0. The predicted molar refractivity (Wildman–Crippen MR) is 96.5 cm³/mol. The topological polar surface area (TPSA) is 114 Å². The Morgan fingerprint density at radius 3 is 2.65 bits per heavy atom. The number of nitro groups is 1. The van der Waals surface area contributed by atoms with Crippen LogP contribution in [0.4, 0.5) is 5.69 Å². The molecule has 2 aromatic rings. The van der Waals surface area contributed by atoms with E-state index in [0.717, 1.165) is 23.4 Å². The molecular formula is C18H19N3O5. The second-order valence-electron chi connectivity index (χ2n) is 5.74. The maximum absolute atomic E-state index is 12.0. The van der Waals surface area contributed by atoms with Crippen LogP contribution in [0, 0.1) is 24.0 Å². The number of phenols is 1. The third kappa shape index (κ3) is 4.79. The molecule has 0 aromatic heterocycles. The smallest absolute Gasteiger partial charge is 0.280 e. The molecule has 2 aromatic carbocycles. The zero-order chi connectivity index (χ0) is 19.3. The summed E-state index contributed by atoms with van der Waals surface area (Å²) in [6, 6.07) is 9.02. The maximum Gasteiger partial charge on any atom is 0.280 e. The van der Waals surface area contributed by atoms with E-state index in [4.69, 9.17) is 4.74 Å². The van der Waals surface area contributed by atoms with Gasteiger partial charge in [0, 0.05) is 17.7 Å². The molecule has 136 valence electrons. The fourth-order valence-electron chi connectivity index (χ4n) is 2.06. The Morgan fingerprint density at radius 2 is 2.00 bits per heavy atom. The number of nitrogens with one attached hydrogen (secondary N) is 1. The van der Waals surface area contributed by atoms with Crippen molar-refractivity contribution >= 4 is 17.8 Å². The third-order valence-corrected chi connectivity index (χ3v) is 3.76. The fourth-order valence-corrected chi connectivity index (χ4v) is 2.06. The standard InChI is InChI=1S/C18H19N3O5/c1-11-4-6-16(8-12(11)2)26-13(3)18(23)20-19-10-14-9-15(21(24)25)5-7-17(14)22/h4-10,13,22H,1-3H3,(H,20,23)/b19-10+. The van der Waals surface area contributed by atoms with Crippen molar-refractivity contribution in [3.8, 4) is 11.5 Å². The van der Waals surface area contributed by atoms with E-state index in [0.29, 0.717) is 5.75 Å². The van der Waals surface area contributed by atoms with E-state index in [-0.39, 0.29) is 17.0 Å². The van der Waals surface area contributed by atoms with E-state index in [1.807, 2.05) is 26.0 Å². The molecule has 1 amide bonds. The zero-order valence-electron chi connectivity index (χ0n) is 14.6. The predicted octanol–water partition coefficient (Wildman–Crippen LogP) is 2.83. The minimum Gasteiger partial charge on any atom is -0.507 e. The van der Waals surface area contributed by atoms with Crippen molar-refractivity contribution < 1.29 is 19.6 Å². The van der Waals surface area contributed by atoms with Crippen LogP contribution in [0.2, 0.25) is 0 Å². The van der Waals surface area contributed by atoms with Gasteiger partial charge in [0.05, 0.1) is 11.1 Å². The summed E-state index contributed by atoms with van der Waals surface area (Å²) in [5.74, 6) is -0.117. The van der Waals surface area contributed by atoms with Crippen molar-refractivity contribution in [3.63, 3.8) is 0 Å². The first-order valence-corrected chi connectivity index (χ1v) is 7.82. The number of benzene rings is 2. The lowest BCUT2D eigenvalue weighted by molar-refractivity contribution is -0.384. The molecule has 0 radical (unpaired) electrons. The summed E-state index contributed by atoms with van der Waals surface area (Å²) < 4.78 is 5.56. The van der Waals surface area contributed by atoms with Crippen LogP contribution in [0.3, 0.4) is 0 Å². The van der Waals surface area contributed by atoms with Gasteiger partial charge in [0.25, 0.3) is 11.6 Å². The number of ether oxygens (including phenoxy) is 1. The number of aryl methyl sites for hydroxylation is 2. The van der Waals surface area contributed by atoms with Gasteiger partial charge < -0.3 is 9.84 Å². The van der Waals surface area contributed by atoms with E-state index >= 15 is 0 Å². The monoisotopic (exact) mass is 357 g/mol. The summed E-state index contributed by atoms with van der Waals surface area (Å²) >= 11 is 0. The SMILES string of the molecule is Cc1ccc(OC(C)C(=O)N/N=C/c2cc([N+](=O)[O-])ccc2O)cc1C. The number of hydrazone groups is 1. The molecule has 8 nitrogen and oxygen atoms in total. The summed E-state index contributed by atoms with van der Waals surface area (Å²) in [4.78, 5) is 22.2. The average molecular weight is 357 g/mol. The van der Waals surface area contributed by atoms with Gasteiger partial charge in [-0.05, 0) is 50.1 Å². The van der Waals surface area contributed by atoms with Crippen LogP contribution in [-0.4, -0.2) is 28.3 Å². The normalized spacial score (nSPS) is 12.0. The molecule has 0 aliphatic rings. The molecule has 0 heterocycles. The number of hydrogen-bond acceptors (Lipinski definition) is 6. The van der Waals surface area contributed by atoms with E-state index in [2.05, 4.69) is 10.5 Å². The molecule has 0 aliphatic carbocycles. The van der Waals surface area contributed by atoms with Crippen LogP contribution < -0.4 is 10.2 Å². The quantitative estimate of drug-likeness (QED) is 0.469. The Labute approximate surface area is 150 Å². The molecule has 2 rings (SSSR count). The first kappa shape index (κ1) is 18.9. The zero-order valence-corrected chi connectivity index (χ0v) is 14.6. The average Bonchev–Trinajstić information content (AvgIpc) is 2.59. The van der Waals surface area contributed by atoms with Crippen molar-refractivity contribution in [2.45, 2.75) is 26.9 Å². The molecule has 1 unspecified atom stereocenters. The molecule has 0 saturated carbocycles. The molecule has 0 spiro atoms. The summed E-state index contributed by atoms with van der Waals surface area (Å²) in [6.07, 6.45) is 0.330. The lowest BCUT2D eigenvalue weighted by Gasteiger charge is -2.14. The van der Waals surface area contributed by atoms with E-state index < -0.39 is 16.9 Å². The number of amides is 1. The third-order valence-electron chi connectivity index (χ3n) is 3.76. The number of carbonyl (C=O) groups is 1. The van der Waals surface area contributed by atoms with Crippen LogP contribution in [-0.2, 0) is 4.79 Å². The van der Waals surface area contributed by atoms with Crippen LogP contribution >= 0.6 is 0 Å². The Bertz CT molecular complexity index is 864. The van der Waals surface area contributed by atoms with E-state index in [1.165, 1.54) is 12.1 Å². The molecular weight excluding hydrogens is 338 g/mol. The molecule has 0 bridgehead atoms. The summed E-state index contributed by atoms with van der Waals surface area (Å²) in [5, 5.41) is 24.1. The number of non-ortho nitro benzene ring substituents is 1. The van der Waals surface area contributed by atoms with Gasteiger partial charge >= 0.3 is 0 Å². The van der Waals surface area contributed by atoms with Crippen LogP contribution in [0.25, 0.3) is 0 Å². The molecule has 0 aliphatic heterocycles. The van der Waals surface area contributed by atoms with Crippen molar-refractivity contribution in [2.24, 2.45) is 5.10 Å². The van der Waals surface area contributed by atoms with Crippen LogP contribution in [0.5, 0.6) is 11.5 Å². The van der Waals surface area contributed by atoms with Gasteiger partial charge in [-0.2, -0.15) is 5.10 Å². The Kier molecular flexibility index (Phi) is 5.90. The van der Waals surface area contributed by atoms with Crippen molar-refractivity contribution in [1.82, 2.24) is 5.43 Å². The van der Waals surface area contributed by atoms with Gasteiger partial charge in [-0.1, -0.05) is 6.07 Å². The largest absolute Gasteiger partial charge is 0.507 e. The Morgan fingerprint density at radius 1 is 1.27 bits per heavy atom. The molecule has 8 heteroatoms. The van der Waals surface area contributed by atoms with Crippen LogP contribution in [0.1, 0.15) is 23.6 Å². The first-order valence-electron chi connectivity index (χ1n) is 7.82. The van der Waals surface area contributed by atoms with Gasteiger partial charge in [0.15, 0.2) is 6.10 Å². The Hall–Kier alpha value is -3.42. The fraction of sp³-hybridized carbons (Fsp3) is 0.222. The second kappa shape index (κ2) is 8.11. The van der Waals surface area contributed by atoms with Crippen LogP contribution in [0.15, 0.2) is 41.5 Å². The van der Waals surface area contributed by atoms with E-state index in [1.54, 1.807) is 13.0 Å². The van der Waals surface area contributed by atoms with Crippen molar-refractivity contribution in [1.29, 1.82) is 0 Å². The summed E-state index contributed by atoms with van der Waals surface area (Å²) in [6.45, 7) is 5.50. The summed E-state index contributed by atoms with van der Waals surface area (Å²) in [7, 11) is 0. The molecule has 0 fully saturated rings. The first-order chi connectivity index (χ1) is 12.3. The van der Waals surface area contributed by atoms with Gasteiger partial charge in [-0.25, -0.2) is 5.43 Å². The van der Waals surface area contributed by atoms with Gasteiger partial charge in [0.1, 0.15) is 11.5 Å². The number of nitrogens with zero attached hydrogens (tertiary/aromatic N) is 2. The number of nitro benzene ring substituents is 1.